The fourth-order valence-corrected chi connectivity index (χ4v) is 2.28. The Kier molecular flexibility index (Phi) is 5.09. The lowest BCUT2D eigenvalue weighted by atomic mass is 10.1. The van der Waals surface area contributed by atoms with Crippen LogP contribution in [0.5, 0.6) is 0 Å². The van der Waals surface area contributed by atoms with Crippen LogP contribution in [0.15, 0.2) is 0 Å². The third kappa shape index (κ3) is 4.65. The van der Waals surface area contributed by atoms with E-state index in [9.17, 15) is 4.79 Å². The number of methoxy groups -OCH3 is 1. The number of hydrogen-bond donors (Lipinski definition) is 1. The van der Waals surface area contributed by atoms with Crippen molar-refractivity contribution in [1.29, 1.82) is 0 Å². The summed E-state index contributed by atoms with van der Waals surface area (Å²) >= 11 is 0. The summed E-state index contributed by atoms with van der Waals surface area (Å²) in [4.78, 5) is 11.6. The molecule has 1 aliphatic carbocycles. The average Bonchev–Trinajstić information content (AvgIpc) is 2.51. The molecule has 15 heavy (non-hydrogen) atoms. The van der Waals surface area contributed by atoms with Crippen molar-refractivity contribution in [1.82, 2.24) is 5.32 Å². The highest BCUT2D eigenvalue weighted by atomic mass is 16.5. The van der Waals surface area contributed by atoms with Crippen LogP contribution >= 0.6 is 0 Å². The molecule has 0 aromatic rings. The minimum atomic E-state index is 0.179. The van der Waals surface area contributed by atoms with Crippen LogP contribution in [-0.4, -0.2) is 25.7 Å². The number of hydrogen-bond acceptors (Lipinski definition) is 2. The normalized spacial score (nSPS) is 27.7. The van der Waals surface area contributed by atoms with Gasteiger partial charge in [0.2, 0.25) is 5.91 Å². The van der Waals surface area contributed by atoms with E-state index in [-0.39, 0.29) is 5.91 Å². The maximum Gasteiger partial charge on any atom is 0.220 e. The van der Waals surface area contributed by atoms with Crippen LogP contribution in [0.25, 0.3) is 0 Å². The summed E-state index contributed by atoms with van der Waals surface area (Å²) in [5, 5.41) is 3.10. The maximum absolute atomic E-state index is 11.6. The summed E-state index contributed by atoms with van der Waals surface area (Å²) in [6.07, 6.45) is 4.12. The van der Waals surface area contributed by atoms with Gasteiger partial charge in [0.15, 0.2) is 0 Å². The lowest BCUT2D eigenvalue weighted by molar-refractivity contribution is -0.122. The Morgan fingerprint density at radius 1 is 1.53 bits per heavy atom. The molecular weight excluding hydrogens is 190 g/mol. The highest BCUT2D eigenvalue weighted by molar-refractivity contribution is 5.76. The number of ether oxygens (including phenoxy) is 1. The van der Waals surface area contributed by atoms with E-state index in [4.69, 9.17) is 4.74 Å². The van der Waals surface area contributed by atoms with Gasteiger partial charge in [-0.3, -0.25) is 4.79 Å². The average molecular weight is 213 g/mol. The topological polar surface area (TPSA) is 38.3 Å². The largest absolute Gasteiger partial charge is 0.384 e. The summed E-state index contributed by atoms with van der Waals surface area (Å²) in [5.41, 5.74) is 0. The lowest BCUT2D eigenvalue weighted by Crippen LogP contribution is -2.34. The smallest absolute Gasteiger partial charge is 0.220 e. The molecule has 0 spiro atoms. The van der Waals surface area contributed by atoms with Crippen LogP contribution in [0, 0.1) is 11.8 Å². The fourth-order valence-electron chi connectivity index (χ4n) is 2.28. The van der Waals surface area contributed by atoms with Crippen molar-refractivity contribution in [2.45, 2.75) is 45.6 Å². The minimum Gasteiger partial charge on any atom is -0.384 e. The van der Waals surface area contributed by atoms with Gasteiger partial charge >= 0.3 is 0 Å². The predicted octanol–water partition coefficient (Wildman–Crippen LogP) is 1.96. The molecule has 1 N–H and O–H groups in total. The molecule has 1 aliphatic rings. The molecule has 0 bridgehead atoms. The molecule has 1 rings (SSSR count). The van der Waals surface area contributed by atoms with Crippen LogP contribution in [0.1, 0.15) is 39.5 Å². The molecule has 3 atom stereocenters. The Bertz CT molecular complexity index is 206. The molecule has 1 saturated carbocycles. The first-order valence-electron chi connectivity index (χ1n) is 5.90. The first-order chi connectivity index (χ1) is 7.11. The molecule has 3 unspecified atom stereocenters. The molecule has 88 valence electrons. The standard InChI is InChI=1S/C12H23NO2/c1-9-4-5-11(6-9)13-12(14)7-10(2)8-15-3/h9-11H,4-8H2,1-3H3,(H,13,14). The molecule has 0 aromatic heterocycles. The van der Waals surface area contributed by atoms with Crippen LogP contribution in [0.3, 0.4) is 0 Å². The Morgan fingerprint density at radius 2 is 2.27 bits per heavy atom. The van der Waals surface area contributed by atoms with E-state index in [2.05, 4.69) is 12.2 Å². The van der Waals surface area contributed by atoms with Crippen molar-refractivity contribution >= 4 is 5.91 Å². The second kappa shape index (κ2) is 6.11. The van der Waals surface area contributed by atoms with Crippen LogP contribution in [-0.2, 0) is 9.53 Å². The molecule has 3 nitrogen and oxygen atoms in total. The zero-order valence-corrected chi connectivity index (χ0v) is 10.1. The third-order valence-electron chi connectivity index (χ3n) is 3.04. The Balaban J connectivity index is 2.18. The second-order valence-electron chi connectivity index (χ2n) is 4.95. The highest BCUT2D eigenvalue weighted by Gasteiger charge is 2.22. The number of amides is 1. The molecule has 0 heterocycles. The highest BCUT2D eigenvalue weighted by Crippen LogP contribution is 2.24. The first kappa shape index (κ1) is 12.5. The summed E-state index contributed by atoms with van der Waals surface area (Å²) in [6.45, 7) is 4.95. The molecular formula is C12H23NO2. The zero-order chi connectivity index (χ0) is 11.3. The summed E-state index contributed by atoms with van der Waals surface area (Å²) < 4.78 is 5.01. The minimum absolute atomic E-state index is 0.179. The van der Waals surface area contributed by atoms with Crippen LogP contribution in [0.4, 0.5) is 0 Å². The van der Waals surface area contributed by atoms with Crippen LogP contribution < -0.4 is 5.32 Å². The number of nitrogens with one attached hydrogen (secondary N) is 1. The van der Waals surface area contributed by atoms with E-state index >= 15 is 0 Å². The Labute approximate surface area is 92.6 Å². The van der Waals surface area contributed by atoms with E-state index in [1.54, 1.807) is 7.11 Å². The Hall–Kier alpha value is -0.570. The lowest BCUT2D eigenvalue weighted by Gasteiger charge is -2.15. The van der Waals surface area contributed by atoms with Gasteiger partial charge in [-0.2, -0.15) is 0 Å². The fraction of sp³-hybridized carbons (Fsp3) is 0.917. The van der Waals surface area contributed by atoms with E-state index < -0.39 is 0 Å². The van der Waals surface area contributed by atoms with Crippen molar-refractivity contribution in [3.63, 3.8) is 0 Å². The predicted molar refractivity (Wildman–Crippen MR) is 60.6 cm³/mol. The van der Waals surface area contributed by atoms with Gasteiger partial charge in [0, 0.05) is 26.2 Å². The van der Waals surface area contributed by atoms with Crippen molar-refractivity contribution in [2.24, 2.45) is 11.8 Å². The monoisotopic (exact) mass is 213 g/mol. The molecule has 1 amide bonds. The van der Waals surface area contributed by atoms with Gasteiger partial charge in [-0.15, -0.1) is 0 Å². The van der Waals surface area contributed by atoms with Gasteiger partial charge < -0.3 is 10.1 Å². The van der Waals surface area contributed by atoms with Crippen molar-refractivity contribution < 1.29 is 9.53 Å². The SMILES string of the molecule is COCC(C)CC(=O)NC1CCC(C)C1. The maximum atomic E-state index is 11.6. The third-order valence-corrected chi connectivity index (χ3v) is 3.04. The molecule has 3 heteroatoms. The van der Waals surface area contributed by atoms with Crippen molar-refractivity contribution in [3.8, 4) is 0 Å². The van der Waals surface area contributed by atoms with Gasteiger partial charge in [-0.1, -0.05) is 13.8 Å². The van der Waals surface area contributed by atoms with Crippen molar-refractivity contribution in [3.05, 3.63) is 0 Å². The van der Waals surface area contributed by atoms with Gasteiger partial charge in [-0.25, -0.2) is 0 Å². The zero-order valence-electron chi connectivity index (χ0n) is 10.1. The number of carbonyl (C=O) groups excluding carboxylic acids is 1. The summed E-state index contributed by atoms with van der Waals surface area (Å²) in [7, 11) is 1.67. The van der Waals surface area contributed by atoms with Crippen LogP contribution in [0.2, 0.25) is 0 Å². The van der Waals surface area contributed by atoms with Gasteiger partial charge in [0.1, 0.15) is 0 Å². The number of rotatable bonds is 5. The molecule has 0 saturated heterocycles. The first-order valence-corrected chi connectivity index (χ1v) is 5.90. The van der Waals surface area contributed by atoms with E-state index in [1.165, 1.54) is 6.42 Å². The quantitative estimate of drug-likeness (QED) is 0.758. The van der Waals surface area contributed by atoms with Gasteiger partial charge in [0.25, 0.3) is 0 Å². The van der Waals surface area contributed by atoms with E-state index in [0.717, 1.165) is 18.8 Å². The van der Waals surface area contributed by atoms with E-state index in [1.807, 2.05) is 6.92 Å². The molecule has 0 radical (unpaired) electrons. The summed E-state index contributed by atoms with van der Waals surface area (Å²) in [5.74, 6) is 1.26. The van der Waals surface area contributed by atoms with Crippen molar-refractivity contribution in [2.75, 3.05) is 13.7 Å². The van der Waals surface area contributed by atoms with Gasteiger partial charge in [-0.05, 0) is 31.1 Å². The Morgan fingerprint density at radius 3 is 2.80 bits per heavy atom. The van der Waals surface area contributed by atoms with E-state index in [0.29, 0.717) is 25.0 Å². The molecule has 1 fully saturated rings. The second-order valence-corrected chi connectivity index (χ2v) is 4.95. The molecule has 0 aromatic carbocycles. The van der Waals surface area contributed by atoms with Gasteiger partial charge in [0.05, 0.1) is 0 Å². The molecule has 0 aliphatic heterocycles. The number of carbonyl (C=O) groups is 1. The summed E-state index contributed by atoms with van der Waals surface area (Å²) in [6, 6.07) is 0.419.